The first-order valence-electron chi connectivity index (χ1n) is 4.09. The molecule has 12 heavy (non-hydrogen) atoms. The van der Waals surface area contributed by atoms with Crippen LogP contribution >= 0.6 is 0 Å². The fourth-order valence-electron chi connectivity index (χ4n) is 1.52. The molecule has 1 atom stereocenters. The molecule has 66 valence electrons. The average molecular weight is 169 g/mol. The predicted molar refractivity (Wildman–Crippen MR) is 43.5 cm³/mol. The van der Waals surface area contributed by atoms with E-state index in [1.807, 2.05) is 7.05 Å². The van der Waals surface area contributed by atoms with E-state index >= 15 is 0 Å². The third-order valence-electron chi connectivity index (χ3n) is 2.27. The monoisotopic (exact) mass is 169 g/mol. The van der Waals surface area contributed by atoms with Crippen molar-refractivity contribution in [1.82, 2.24) is 14.9 Å². The van der Waals surface area contributed by atoms with Crippen molar-refractivity contribution in [2.45, 2.75) is 12.1 Å². The Balaban J connectivity index is 2.28. The standard InChI is InChI=1S/C8H12FN3/c1-12-4-7(11-6-12)8(9)2-3-10-5-8/h4,6,10H,2-3,5H2,1H3. The first-order chi connectivity index (χ1) is 5.71. The van der Waals surface area contributed by atoms with Gasteiger partial charge in [0.05, 0.1) is 12.0 Å². The minimum Gasteiger partial charge on any atom is -0.340 e. The van der Waals surface area contributed by atoms with Crippen molar-refractivity contribution >= 4 is 0 Å². The van der Waals surface area contributed by atoms with Crippen LogP contribution < -0.4 is 5.32 Å². The van der Waals surface area contributed by atoms with Gasteiger partial charge in [0.2, 0.25) is 0 Å². The van der Waals surface area contributed by atoms with Gasteiger partial charge in [-0.15, -0.1) is 0 Å². The summed E-state index contributed by atoms with van der Waals surface area (Å²) in [4.78, 5) is 4.02. The number of imidazole rings is 1. The minimum atomic E-state index is -1.23. The molecule has 0 aromatic carbocycles. The zero-order chi connectivity index (χ0) is 8.60. The minimum absolute atomic E-state index is 0.393. The SMILES string of the molecule is Cn1cnc(C2(F)CCNC2)c1. The van der Waals surface area contributed by atoms with E-state index in [-0.39, 0.29) is 0 Å². The highest BCUT2D eigenvalue weighted by atomic mass is 19.1. The van der Waals surface area contributed by atoms with Crippen LogP contribution in [0, 0.1) is 0 Å². The molecule has 1 aliphatic heterocycles. The Morgan fingerprint density at radius 1 is 1.75 bits per heavy atom. The molecule has 0 spiro atoms. The van der Waals surface area contributed by atoms with Gasteiger partial charge < -0.3 is 9.88 Å². The number of aromatic nitrogens is 2. The Hall–Kier alpha value is -0.900. The van der Waals surface area contributed by atoms with Gasteiger partial charge in [0, 0.05) is 26.2 Å². The molecular weight excluding hydrogens is 157 g/mol. The number of alkyl halides is 1. The van der Waals surface area contributed by atoms with Crippen LogP contribution in [-0.2, 0) is 12.7 Å². The third kappa shape index (κ3) is 1.12. The zero-order valence-electron chi connectivity index (χ0n) is 7.05. The van der Waals surface area contributed by atoms with Gasteiger partial charge in [0.25, 0.3) is 0 Å². The fourth-order valence-corrected chi connectivity index (χ4v) is 1.52. The summed E-state index contributed by atoms with van der Waals surface area (Å²) in [7, 11) is 1.85. The van der Waals surface area contributed by atoms with Crippen LogP contribution in [-0.4, -0.2) is 22.6 Å². The Labute approximate surface area is 70.6 Å². The maximum absolute atomic E-state index is 13.9. The second-order valence-electron chi connectivity index (χ2n) is 3.32. The molecule has 1 fully saturated rings. The summed E-state index contributed by atoms with van der Waals surface area (Å²) in [5.41, 5.74) is -0.684. The molecule has 1 aromatic heterocycles. The molecule has 0 aliphatic carbocycles. The Kier molecular flexibility index (Phi) is 1.65. The van der Waals surface area contributed by atoms with Crippen molar-refractivity contribution < 1.29 is 4.39 Å². The van der Waals surface area contributed by atoms with E-state index < -0.39 is 5.67 Å². The Bertz CT molecular complexity index is 276. The molecule has 1 saturated heterocycles. The van der Waals surface area contributed by atoms with Crippen LogP contribution in [0.15, 0.2) is 12.5 Å². The van der Waals surface area contributed by atoms with E-state index in [4.69, 9.17) is 0 Å². The molecule has 0 amide bonds. The molecule has 1 unspecified atom stereocenters. The van der Waals surface area contributed by atoms with E-state index in [0.29, 0.717) is 18.7 Å². The predicted octanol–water partition coefficient (Wildman–Crippen LogP) is 0.578. The average Bonchev–Trinajstić information content (AvgIpc) is 2.59. The molecule has 0 radical (unpaired) electrons. The summed E-state index contributed by atoms with van der Waals surface area (Å²) in [6, 6.07) is 0. The number of hydrogen-bond acceptors (Lipinski definition) is 2. The van der Waals surface area contributed by atoms with Crippen molar-refractivity contribution in [1.29, 1.82) is 0 Å². The van der Waals surface area contributed by atoms with Crippen LogP contribution in [0.1, 0.15) is 12.1 Å². The summed E-state index contributed by atoms with van der Waals surface area (Å²) >= 11 is 0. The highest BCUT2D eigenvalue weighted by molar-refractivity contribution is 5.12. The summed E-state index contributed by atoms with van der Waals surface area (Å²) in [5.74, 6) is 0. The number of halogens is 1. The molecule has 1 N–H and O–H groups in total. The van der Waals surface area contributed by atoms with Gasteiger partial charge in [0.15, 0.2) is 5.67 Å². The van der Waals surface area contributed by atoms with Gasteiger partial charge in [-0.2, -0.15) is 0 Å². The van der Waals surface area contributed by atoms with Gasteiger partial charge in [-0.1, -0.05) is 0 Å². The second-order valence-corrected chi connectivity index (χ2v) is 3.32. The summed E-state index contributed by atoms with van der Waals surface area (Å²) in [6.07, 6.45) is 3.91. The number of nitrogens with zero attached hydrogens (tertiary/aromatic N) is 2. The topological polar surface area (TPSA) is 29.9 Å². The highest BCUT2D eigenvalue weighted by Gasteiger charge is 2.37. The van der Waals surface area contributed by atoms with Crippen molar-refractivity contribution in [2.75, 3.05) is 13.1 Å². The first kappa shape index (κ1) is 7.73. The third-order valence-corrected chi connectivity index (χ3v) is 2.27. The van der Waals surface area contributed by atoms with E-state index in [2.05, 4.69) is 10.3 Å². The summed E-state index contributed by atoms with van der Waals surface area (Å²) in [6.45, 7) is 1.14. The van der Waals surface area contributed by atoms with Gasteiger partial charge >= 0.3 is 0 Å². The van der Waals surface area contributed by atoms with Gasteiger partial charge in [0.1, 0.15) is 0 Å². The van der Waals surface area contributed by atoms with Crippen LogP contribution in [0.4, 0.5) is 4.39 Å². The lowest BCUT2D eigenvalue weighted by Crippen LogP contribution is -2.23. The van der Waals surface area contributed by atoms with Crippen molar-refractivity contribution in [3.63, 3.8) is 0 Å². The lowest BCUT2D eigenvalue weighted by molar-refractivity contribution is 0.187. The van der Waals surface area contributed by atoms with E-state index in [1.54, 1.807) is 17.1 Å². The molecule has 1 aliphatic rings. The number of hydrogen-bond donors (Lipinski definition) is 1. The summed E-state index contributed by atoms with van der Waals surface area (Å²) in [5, 5.41) is 3.00. The lowest BCUT2D eigenvalue weighted by atomic mass is 10.0. The Morgan fingerprint density at radius 3 is 3.08 bits per heavy atom. The number of rotatable bonds is 1. The number of nitrogens with one attached hydrogen (secondary N) is 1. The van der Waals surface area contributed by atoms with Crippen molar-refractivity contribution in [3.05, 3.63) is 18.2 Å². The molecule has 3 nitrogen and oxygen atoms in total. The van der Waals surface area contributed by atoms with E-state index in [0.717, 1.165) is 6.54 Å². The number of aryl methyl sites for hydroxylation is 1. The molecule has 1 aromatic rings. The molecule has 2 rings (SSSR count). The lowest BCUT2D eigenvalue weighted by Gasteiger charge is -2.14. The normalized spacial score (nSPS) is 29.5. The zero-order valence-corrected chi connectivity index (χ0v) is 7.05. The van der Waals surface area contributed by atoms with Gasteiger partial charge in [-0.05, 0) is 6.54 Å². The summed E-state index contributed by atoms with van der Waals surface area (Å²) < 4.78 is 15.7. The molecule has 0 saturated carbocycles. The maximum atomic E-state index is 13.9. The Morgan fingerprint density at radius 2 is 2.58 bits per heavy atom. The molecule has 2 heterocycles. The molecular formula is C8H12FN3. The smallest absolute Gasteiger partial charge is 0.167 e. The van der Waals surface area contributed by atoms with Crippen molar-refractivity contribution in [2.24, 2.45) is 7.05 Å². The molecule has 4 heteroatoms. The van der Waals surface area contributed by atoms with Crippen LogP contribution in [0.3, 0.4) is 0 Å². The fraction of sp³-hybridized carbons (Fsp3) is 0.625. The quantitative estimate of drug-likeness (QED) is 0.666. The van der Waals surface area contributed by atoms with Crippen LogP contribution in [0.25, 0.3) is 0 Å². The first-order valence-corrected chi connectivity index (χ1v) is 4.09. The maximum Gasteiger partial charge on any atom is 0.167 e. The van der Waals surface area contributed by atoms with Gasteiger partial charge in [-0.3, -0.25) is 0 Å². The second kappa shape index (κ2) is 2.55. The largest absolute Gasteiger partial charge is 0.340 e. The van der Waals surface area contributed by atoms with Gasteiger partial charge in [-0.25, -0.2) is 9.37 Å². The van der Waals surface area contributed by atoms with E-state index in [1.165, 1.54) is 0 Å². The molecule has 0 bridgehead atoms. The van der Waals surface area contributed by atoms with E-state index in [9.17, 15) is 4.39 Å². The van der Waals surface area contributed by atoms with Crippen LogP contribution in [0.2, 0.25) is 0 Å². The highest BCUT2D eigenvalue weighted by Crippen LogP contribution is 2.30. The van der Waals surface area contributed by atoms with Crippen molar-refractivity contribution in [3.8, 4) is 0 Å². The van der Waals surface area contributed by atoms with Crippen LogP contribution in [0.5, 0.6) is 0 Å².